The summed E-state index contributed by atoms with van der Waals surface area (Å²) in [6.07, 6.45) is 2.64. The Morgan fingerprint density at radius 3 is 2.65 bits per heavy atom. The van der Waals surface area contributed by atoms with Crippen LogP contribution in [0.3, 0.4) is 0 Å². The minimum Gasteiger partial charge on any atom is -0.492 e. The number of hydrogen-bond acceptors (Lipinski definition) is 4. The first kappa shape index (κ1) is 16.5. The van der Waals surface area contributed by atoms with Crippen molar-refractivity contribution in [1.29, 1.82) is 0 Å². The van der Waals surface area contributed by atoms with Crippen molar-refractivity contribution >= 4 is 21.4 Å². The maximum Gasteiger partial charge on any atom is 0.247 e. The first-order valence-electron chi connectivity index (χ1n) is 7.89. The molecule has 0 atom stereocenters. The Labute approximate surface area is 141 Å². The van der Waals surface area contributed by atoms with Gasteiger partial charge in [0.15, 0.2) is 0 Å². The molecule has 124 valence electrons. The zero-order chi connectivity index (χ0) is 16.3. The number of rotatable bonds is 8. The van der Waals surface area contributed by atoms with E-state index in [2.05, 4.69) is 6.07 Å². The monoisotopic (exact) mass is 351 g/mol. The standard InChI is InChI=1S/C17H21NO3S2/c1-2-21-16-7-3-4-8-17(16)23(19,20)18(14-9-10-14)12-11-15-6-5-13-22-15/h3-8,13-14H,2,9-12H2,1H3. The summed E-state index contributed by atoms with van der Waals surface area (Å²) in [5.41, 5.74) is 0. The van der Waals surface area contributed by atoms with Crippen LogP contribution >= 0.6 is 11.3 Å². The average Bonchev–Trinajstić information content (AvgIpc) is 3.23. The first-order chi connectivity index (χ1) is 11.1. The molecule has 1 fully saturated rings. The lowest BCUT2D eigenvalue weighted by molar-refractivity contribution is 0.328. The van der Waals surface area contributed by atoms with Gasteiger partial charge in [-0.25, -0.2) is 8.42 Å². The van der Waals surface area contributed by atoms with E-state index in [0.717, 1.165) is 19.3 Å². The molecule has 0 unspecified atom stereocenters. The van der Waals surface area contributed by atoms with Gasteiger partial charge in [0.2, 0.25) is 10.0 Å². The fourth-order valence-electron chi connectivity index (χ4n) is 2.60. The first-order valence-corrected chi connectivity index (χ1v) is 10.2. The molecule has 4 nitrogen and oxygen atoms in total. The van der Waals surface area contributed by atoms with Crippen LogP contribution in [0.2, 0.25) is 0 Å². The van der Waals surface area contributed by atoms with Crippen LogP contribution in [-0.4, -0.2) is 31.9 Å². The number of sulfonamides is 1. The third-order valence-corrected chi connectivity index (χ3v) is 6.78. The summed E-state index contributed by atoms with van der Waals surface area (Å²) in [5.74, 6) is 0.441. The van der Waals surface area contributed by atoms with Crippen LogP contribution < -0.4 is 4.74 Å². The van der Waals surface area contributed by atoms with E-state index >= 15 is 0 Å². The van der Waals surface area contributed by atoms with Crippen LogP contribution in [0.5, 0.6) is 5.75 Å². The third-order valence-electron chi connectivity index (χ3n) is 3.85. The highest BCUT2D eigenvalue weighted by molar-refractivity contribution is 7.89. The maximum atomic E-state index is 13.1. The molecule has 6 heteroatoms. The van der Waals surface area contributed by atoms with Crippen molar-refractivity contribution in [3.05, 3.63) is 46.7 Å². The van der Waals surface area contributed by atoms with Crippen LogP contribution in [0.1, 0.15) is 24.6 Å². The second-order valence-corrected chi connectivity index (χ2v) is 8.45. The van der Waals surface area contributed by atoms with Crippen molar-refractivity contribution in [2.24, 2.45) is 0 Å². The van der Waals surface area contributed by atoms with E-state index in [-0.39, 0.29) is 10.9 Å². The van der Waals surface area contributed by atoms with Gasteiger partial charge in [0, 0.05) is 17.5 Å². The molecule has 0 saturated heterocycles. The lowest BCUT2D eigenvalue weighted by Crippen LogP contribution is -2.35. The Morgan fingerprint density at radius 2 is 2.00 bits per heavy atom. The number of para-hydroxylation sites is 1. The molecule has 23 heavy (non-hydrogen) atoms. The lowest BCUT2D eigenvalue weighted by atomic mass is 10.3. The second-order valence-electron chi connectivity index (χ2n) is 5.56. The molecule has 0 radical (unpaired) electrons. The number of benzene rings is 1. The summed E-state index contributed by atoms with van der Waals surface area (Å²) in [7, 11) is -3.53. The highest BCUT2D eigenvalue weighted by Gasteiger charge is 2.38. The van der Waals surface area contributed by atoms with E-state index in [9.17, 15) is 8.42 Å². The zero-order valence-electron chi connectivity index (χ0n) is 13.1. The van der Waals surface area contributed by atoms with E-state index in [0.29, 0.717) is 18.9 Å². The molecule has 1 heterocycles. The Hall–Kier alpha value is -1.37. The SMILES string of the molecule is CCOc1ccccc1S(=O)(=O)N(CCc1cccs1)C1CC1. The number of ether oxygens (including phenoxy) is 1. The van der Waals surface area contributed by atoms with Gasteiger partial charge in [-0.15, -0.1) is 11.3 Å². The fraction of sp³-hybridized carbons (Fsp3) is 0.412. The van der Waals surface area contributed by atoms with Crippen molar-refractivity contribution in [3.63, 3.8) is 0 Å². The molecule has 0 aliphatic heterocycles. The van der Waals surface area contributed by atoms with Gasteiger partial charge in [0.05, 0.1) is 6.61 Å². The topological polar surface area (TPSA) is 46.6 Å². The molecule has 1 aliphatic rings. The van der Waals surface area contributed by atoms with Crippen molar-refractivity contribution in [2.75, 3.05) is 13.2 Å². The van der Waals surface area contributed by atoms with Gasteiger partial charge in [-0.3, -0.25) is 0 Å². The number of nitrogens with zero attached hydrogens (tertiary/aromatic N) is 1. The average molecular weight is 351 g/mol. The number of hydrogen-bond donors (Lipinski definition) is 0. The predicted octanol–water partition coefficient (Wildman–Crippen LogP) is 3.54. The van der Waals surface area contributed by atoms with Crippen LogP contribution in [0, 0.1) is 0 Å². The quantitative estimate of drug-likeness (QED) is 0.731. The molecule has 3 rings (SSSR count). The minimum atomic E-state index is -3.53. The van der Waals surface area contributed by atoms with E-state index in [1.807, 2.05) is 18.4 Å². The van der Waals surface area contributed by atoms with Crippen molar-refractivity contribution in [2.45, 2.75) is 37.1 Å². The molecule has 1 aromatic heterocycles. The summed E-state index contributed by atoms with van der Waals surface area (Å²) in [4.78, 5) is 1.49. The molecule has 1 aliphatic carbocycles. The Bertz CT molecular complexity index is 737. The predicted molar refractivity (Wildman–Crippen MR) is 92.5 cm³/mol. The summed E-state index contributed by atoms with van der Waals surface area (Å²) in [6.45, 7) is 2.83. The van der Waals surface area contributed by atoms with Crippen molar-refractivity contribution in [3.8, 4) is 5.75 Å². The highest BCUT2D eigenvalue weighted by Crippen LogP contribution is 2.35. The van der Waals surface area contributed by atoms with Crippen molar-refractivity contribution < 1.29 is 13.2 Å². The van der Waals surface area contributed by atoms with E-state index < -0.39 is 10.0 Å². The van der Waals surface area contributed by atoms with Gasteiger partial charge in [-0.1, -0.05) is 18.2 Å². The molecule has 0 amide bonds. The molecule has 0 N–H and O–H groups in total. The van der Waals surface area contributed by atoms with Crippen LogP contribution in [0.25, 0.3) is 0 Å². The van der Waals surface area contributed by atoms with Gasteiger partial charge >= 0.3 is 0 Å². The summed E-state index contributed by atoms with van der Waals surface area (Å²) in [6, 6.07) is 11.1. The highest BCUT2D eigenvalue weighted by atomic mass is 32.2. The Morgan fingerprint density at radius 1 is 1.22 bits per heavy atom. The van der Waals surface area contributed by atoms with Crippen LogP contribution in [-0.2, 0) is 16.4 Å². The smallest absolute Gasteiger partial charge is 0.247 e. The summed E-state index contributed by atoms with van der Waals surface area (Å²) < 4.78 is 33.4. The Balaban J connectivity index is 1.86. The van der Waals surface area contributed by atoms with Crippen LogP contribution in [0.15, 0.2) is 46.7 Å². The number of thiophene rings is 1. The fourth-order valence-corrected chi connectivity index (χ4v) is 5.12. The third kappa shape index (κ3) is 3.76. The minimum absolute atomic E-state index is 0.134. The Kier molecular flexibility index (Phi) is 5.04. The molecule has 1 saturated carbocycles. The normalized spacial score (nSPS) is 15.0. The largest absolute Gasteiger partial charge is 0.492 e. The molecular weight excluding hydrogens is 330 g/mol. The molecule has 0 spiro atoms. The summed E-state index contributed by atoms with van der Waals surface area (Å²) in [5, 5.41) is 2.02. The van der Waals surface area contributed by atoms with Gasteiger partial charge in [0.25, 0.3) is 0 Å². The molecular formula is C17H21NO3S2. The van der Waals surface area contributed by atoms with Crippen molar-refractivity contribution in [1.82, 2.24) is 4.31 Å². The van der Waals surface area contributed by atoms with Crippen LogP contribution in [0.4, 0.5) is 0 Å². The van der Waals surface area contributed by atoms with Gasteiger partial charge in [0.1, 0.15) is 10.6 Å². The van der Waals surface area contributed by atoms with Gasteiger partial charge in [-0.2, -0.15) is 4.31 Å². The second kappa shape index (κ2) is 7.03. The zero-order valence-corrected chi connectivity index (χ0v) is 14.8. The van der Waals surface area contributed by atoms with E-state index in [1.54, 1.807) is 39.9 Å². The summed E-state index contributed by atoms with van der Waals surface area (Å²) >= 11 is 1.67. The van der Waals surface area contributed by atoms with E-state index in [1.165, 1.54) is 4.88 Å². The lowest BCUT2D eigenvalue weighted by Gasteiger charge is -2.23. The molecule has 0 bridgehead atoms. The van der Waals surface area contributed by atoms with Gasteiger partial charge < -0.3 is 4.74 Å². The van der Waals surface area contributed by atoms with E-state index in [4.69, 9.17) is 4.74 Å². The molecule has 1 aromatic carbocycles. The maximum absolute atomic E-state index is 13.1. The molecule has 2 aromatic rings. The van der Waals surface area contributed by atoms with Gasteiger partial charge in [-0.05, 0) is 49.8 Å².